The average Bonchev–Trinajstić information content (AvgIpc) is 3.42. The first kappa shape index (κ1) is 19.0. The molecule has 4 rings (SSSR count). The van der Waals surface area contributed by atoms with Crippen molar-refractivity contribution in [3.63, 3.8) is 0 Å². The number of nitrogens with zero attached hydrogens (tertiary/aromatic N) is 7. The van der Waals surface area contributed by atoms with Crippen LogP contribution >= 0.6 is 0 Å². The van der Waals surface area contributed by atoms with Crippen molar-refractivity contribution in [3.8, 4) is 5.95 Å². The number of aromatic carboxylic acids is 1. The number of imidazole rings is 2. The van der Waals surface area contributed by atoms with Gasteiger partial charge in [-0.1, -0.05) is 0 Å². The highest BCUT2D eigenvalue weighted by Gasteiger charge is 2.17. The van der Waals surface area contributed by atoms with E-state index in [0.29, 0.717) is 5.82 Å². The van der Waals surface area contributed by atoms with Gasteiger partial charge in [-0.15, -0.1) is 0 Å². The van der Waals surface area contributed by atoms with Gasteiger partial charge >= 0.3 is 11.9 Å². The van der Waals surface area contributed by atoms with Crippen molar-refractivity contribution in [1.82, 2.24) is 38.9 Å². The Bertz CT molecular complexity index is 1330. The number of carboxylic acids is 1. The van der Waals surface area contributed by atoms with Crippen molar-refractivity contribution in [2.45, 2.75) is 13.5 Å². The Hall–Kier alpha value is -4.29. The van der Waals surface area contributed by atoms with E-state index < -0.39 is 17.5 Å². The third-order valence-electron chi connectivity index (χ3n) is 4.39. The molecule has 0 aliphatic carbocycles. The molecule has 4 aromatic heterocycles. The Kier molecular flexibility index (Phi) is 4.62. The maximum Gasteiger partial charge on any atom is 0.354 e. The Labute approximate surface area is 167 Å². The van der Waals surface area contributed by atoms with Gasteiger partial charge in [0.2, 0.25) is 5.95 Å². The summed E-state index contributed by atoms with van der Waals surface area (Å²) in [5.74, 6) is -1.12. The molecule has 154 valence electrons. The summed E-state index contributed by atoms with van der Waals surface area (Å²) in [4.78, 5) is 50.6. The van der Waals surface area contributed by atoms with E-state index in [1.54, 1.807) is 18.5 Å². The molecule has 13 heteroatoms. The van der Waals surface area contributed by atoms with E-state index in [1.165, 1.54) is 34.2 Å². The molecule has 13 nitrogen and oxygen atoms in total. The van der Waals surface area contributed by atoms with Crippen molar-refractivity contribution >= 4 is 23.1 Å². The molecule has 0 atom stereocenters. The van der Waals surface area contributed by atoms with Crippen molar-refractivity contribution in [2.75, 3.05) is 6.61 Å². The molecule has 0 saturated carbocycles. The highest BCUT2D eigenvalue weighted by molar-refractivity contribution is 5.88. The zero-order chi connectivity index (χ0) is 21.4. The van der Waals surface area contributed by atoms with Crippen molar-refractivity contribution < 1.29 is 19.4 Å². The number of nitrogens with one attached hydrogen (secondary N) is 1. The third-order valence-corrected chi connectivity index (χ3v) is 4.39. The first-order chi connectivity index (χ1) is 14.4. The fourth-order valence-electron chi connectivity index (χ4n) is 2.87. The normalized spacial score (nSPS) is 11.1. The Balaban J connectivity index is 1.73. The number of carbonyl (C=O) groups is 2. The summed E-state index contributed by atoms with van der Waals surface area (Å²) in [6.45, 7) is 2.06. The van der Waals surface area contributed by atoms with Gasteiger partial charge in [-0.2, -0.15) is 10.1 Å². The van der Waals surface area contributed by atoms with Gasteiger partial charge in [0, 0.05) is 13.2 Å². The maximum absolute atomic E-state index is 12.4. The molecule has 4 aromatic rings. The lowest BCUT2D eigenvalue weighted by Gasteiger charge is -2.06. The SMILES string of the molecule is CCOC(=O)c1cnn(-c2nc3c(ncn3Cc3ncc(C(=O)O)n3C)c(=O)[nH]2)c1. The second kappa shape index (κ2) is 7.27. The minimum atomic E-state index is -1.10. The number of esters is 1. The number of hydrogen-bond donors (Lipinski definition) is 2. The summed E-state index contributed by atoms with van der Waals surface area (Å²) in [6, 6.07) is 0. The van der Waals surface area contributed by atoms with Gasteiger partial charge in [0.1, 0.15) is 11.5 Å². The molecule has 0 spiro atoms. The van der Waals surface area contributed by atoms with Gasteiger partial charge in [-0.3, -0.25) is 9.78 Å². The number of rotatable bonds is 6. The van der Waals surface area contributed by atoms with Crippen molar-refractivity contribution in [1.29, 1.82) is 0 Å². The molecule has 30 heavy (non-hydrogen) atoms. The van der Waals surface area contributed by atoms with Crippen LogP contribution in [0.1, 0.15) is 33.6 Å². The molecule has 0 radical (unpaired) electrons. The number of aromatic nitrogens is 8. The van der Waals surface area contributed by atoms with Gasteiger partial charge in [0.25, 0.3) is 5.56 Å². The van der Waals surface area contributed by atoms with E-state index in [2.05, 4.69) is 25.0 Å². The molecule has 0 unspecified atom stereocenters. The smallest absolute Gasteiger partial charge is 0.354 e. The lowest BCUT2D eigenvalue weighted by Crippen LogP contribution is -2.15. The summed E-state index contributed by atoms with van der Waals surface area (Å²) in [5, 5.41) is 13.2. The van der Waals surface area contributed by atoms with Crippen LogP contribution in [0.2, 0.25) is 0 Å². The van der Waals surface area contributed by atoms with E-state index in [1.807, 2.05) is 0 Å². The second-order valence-electron chi connectivity index (χ2n) is 6.25. The summed E-state index contributed by atoms with van der Waals surface area (Å²) >= 11 is 0. The minimum Gasteiger partial charge on any atom is -0.477 e. The average molecular weight is 412 g/mol. The highest BCUT2D eigenvalue weighted by atomic mass is 16.5. The monoisotopic (exact) mass is 412 g/mol. The molecule has 0 aromatic carbocycles. The number of H-pyrrole nitrogens is 1. The molecular weight excluding hydrogens is 396 g/mol. The molecule has 0 saturated heterocycles. The molecule has 0 amide bonds. The van der Waals surface area contributed by atoms with Crippen LogP contribution in [0.4, 0.5) is 0 Å². The van der Waals surface area contributed by atoms with Crippen LogP contribution < -0.4 is 5.56 Å². The summed E-state index contributed by atoms with van der Waals surface area (Å²) in [5.41, 5.74) is 0.102. The zero-order valence-electron chi connectivity index (χ0n) is 15.9. The molecule has 0 aliphatic rings. The zero-order valence-corrected chi connectivity index (χ0v) is 15.9. The van der Waals surface area contributed by atoms with Crippen molar-refractivity contribution in [3.05, 3.63) is 52.4 Å². The molecule has 0 fully saturated rings. The van der Waals surface area contributed by atoms with Crippen LogP contribution in [0.5, 0.6) is 0 Å². The predicted molar refractivity (Wildman–Crippen MR) is 100 cm³/mol. The standard InChI is InChI=1S/C17H16N8O5/c1-3-30-16(29)9-4-20-25(6-9)17-21-13-12(14(26)22-17)19-8-24(13)7-11-18-5-10(15(27)28)23(11)2/h4-6,8H,3,7H2,1-2H3,(H,27,28)(H,21,22,26). The maximum atomic E-state index is 12.4. The summed E-state index contributed by atoms with van der Waals surface area (Å²) in [6.07, 6.45) is 5.36. The number of ether oxygens (including phenoxy) is 1. The number of fused-ring (bicyclic) bond motifs is 1. The molecule has 2 N–H and O–H groups in total. The molecule has 0 bridgehead atoms. The Morgan fingerprint density at radius 1 is 1.27 bits per heavy atom. The topological polar surface area (TPSA) is 163 Å². The van der Waals surface area contributed by atoms with E-state index in [4.69, 9.17) is 9.84 Å². The van der Waals surface area contributed by atoms with Crippen LogP contribution in [-0.4, -0.2) is 62.5 Å². The number of carboxylic acid groups (broad SMARTS) is 1. The number of carbonyl (C=O) groups excluding carboxylic acids is 1. The number of aromatic amines is 1. The van der Waals surface area contributed by atoms with Gasteiger partial charge in [0.15, 0.2) is 11.2 Å². The first-order valence-electron chi connectivity index (χ1n) is 8.80. The van der Waals surface area contributed by atoms with Crippen LogP contribution in [0.15, 0.2) is 29.7 Å². The van der Waals surface area contributed by atoms with Gasteiger partial charge in [-0.25, -0.2) is 24.2 Å². The van der Waals surface area contributed by atoms with Gasteiger partial charge in [0.05, 0.1) is 37.4 Å². The third kappa shape index (κ3) is 3.21. The van der Waals surface area contributed by atoms with E-state index >= 15 is 0 Å². The van der Waals surface area contributed by atoms with E-state index in [-0.39, 0.29) is 41.5 Å². The van der Waals surface area contributed by atoms with E-state index in [9.17, 15) is 14.4 Å². The second-order valence-corrected chi connectivity index (χ2v) is 6.25. The fraction of sp³-hybridized carbons (Fsp3) is 0.235. The summed E-state index contributed by atoms with van der Waals surface area (Å²) < 4.78 is 9.17. The van der Waals surface area contributed by atoms with Gasteiger partial charge in [-0.05, 0) is 6.92 Å². The van der Waals surface area contributed by atoms with Crippen LogP contribution in [0, 0.1) is 0 Å². The Morgan fingerprint density at radius 3 is 2.77 bits per heavy atom. The lowest BCUT2D eigenvalue weighted by atomic mass is 10.4. The molecule has 0 aliphatic heterocycles. The van der Waals surface area contributed by atoms with Crippen LogP contribution in [0.25, 0.3) is 17.1 Å². The minimum absolute atomic E-state index is 0.0314. The lowest BCUT2D eigenvalue weighted by molar-refractivity contribution is 0.0525. The van der Waals surface area contributed by atoms with Crippen LogP contribution in [0.3, 0.4) is 0 Å². The Morgan fingerprint density at radius 2 is 2.07 bits per heavy atom. The van der Waals surface area contributed by atoms with Crippen molar-refractivity contribution in [2.24, 2.45) is 7.05 Å². The molecular formula is C17H16N8O5. The quantitative estimate of drug-likeness (QED) is 0.414. The highest BCUT2D eigenvalue weighted by Crippen LogP contribution is 2.12. The number of hydrogen-bond acceptors (Lipinski definition) is 8. The predicted octanol–water partition coefficient (Wildman–Crippen LogP) is -0.0380. The largest absolute Gasteiger partial charge is 0.477 e. The van der Waals surface area contributed by atoms with Crippen LogP contribution in [-0.2, 0) is 18.3 Å². The van der Waals surface area contributed by atoms with Gasteiger partial charge < -0.3 is 19.0 Å². The van der Waals surface area contributed by atoms with E-state index in [0.717, 1.165) is 0 Å². The first-order valence-corrected chi connectivity index (χ1v) is 8.80. The summed E-state index contributed by atoms with van der Waals surface area (Å²) in [7, 11) is 1.58. The molecule has 4 heterocycles. The fourth-order valence-corrected chi connectivity index (χ4v) is 2.87.